The Labute approximate surface area is 161 Å². The van der Waals surface area contributed by atoms with Crippen molar-refractivity contribution in [3.05, 3.63) is 34.6 Å². The van der Waals surface area contributed by atoms with Crippen molar-refractivity contribution in [2.24, 2.45) is 11.7 Å². The van der Waals surface area contributed by atoms with E-state index in [-0.39, 0.29) is 17.5 Å². The molecule has 1 saturated carbocycles. The van der Waals surface area contributed by atoms with Gasteiger partial charge in [-0.3, -0.25) is 19.5 Å². The second-order valence-corrected chi connectivity index (χ2v) is 8.27. The lowest BCUT2D eigenvalue weighted by atomic mass is 10.1. The van der Waals surface area contributed by atoms with E-state index in [1.54, 1.807) is 16.7 Å². The summed E-state index contributed by atoms with van der Waals surface area (Å²) in [5.74, 6) is -0.544. The van der Waals surface area contributed by atoms with Crippen LogP contribution in [0.2, 0.25) is 0 Å². The van der Waals surface area contributed by atoms with Crippen LogP contribution in [0.5, 0.6) is 0 Å². The van der Waals surface area contributed by atoms with E-state index >= 15 is 0 Å². The third-order valence-electron chi connectivity index (χ3n) is 4.81. The van der Waals surface area contributed by atoms with Gasteiger partial charge in [-0.15, -0.1) is 0 Å². The molecule has 1 aromatic heterocycles. The van der Waals surface area contributed by atoms with Crippen molar-refractivity contribution in [1.82, 2.24) is 14.9 Å². The van der Waals surface area contributed by atoms with Gasteiger partial charge >= 0.3 is 6.03 Å². The quantitative estimate of drug-likeness (QED) is 0.605. The number of hydrogen-bond acceptors (Lipinski definition) is 5. The molecule has 144 valence electrons. The highest BCUT2D eigenvalue weighted by atomic mass is 32.2. The van der Waals surface area contributed by atoms with E-state index in [1.165, 1.54) is 11.8 Å². The Hall–Kier alpha value is -2.35. The summed E-state index contributed by atoms with van der Waals surface area (Å²) in [6.07, 6.45) is 3.99. The van der Waals surface area contributed by atoms with Gasteiger partial charge in [0, 0.05) is 6.04 Å². The first-order valence-corrected chi connectivity index (χ1v) is 10.0. The van der Waals surface area contributed by atoms with Gasteiger partial charge < -0.3 is 5.73 Å². The van der Waals surface area contributed by atoms with E-state index in [9.17, 15) is 14.4 Å². The number of benzene rings is 1. The molecule has 3 amide bonds. The topological polar surface area (TPSA) is 107 Å². The van der Waals surface area contributed by atoms with Gasteiger partial charge in [-0.25, -0.2) is 9.78 Å². The fourth-order valence-corrected chi connectivity index (χ4v) is 4.65. The molecule has 1 aromatic carbocycles. The maximum absolute atomic E-state index is 13.2. The number of aromatic nitrogens is 2. The number of primary amides is 1. The number of nitrogens with one attached hydrogen (secondary N) is 1. The molecule has 1 fully saturated rings. The Kier molecular flexibility index (Phi) is 5.84. The third-order valence-corrected chi connectivity index (χ3v) is 6.32. The molecule has 0 bridgehead atoms. The number of urea groups is 1. The molecule has 2 aromatic rings. The highest BCUT2D eigenvalue weighted by molar-refractivity contribution is 8.00. The Morgan fingerprint density at radius 3 is 2.56 bits per heavy atom. The van der Waals surface area contributed by atoms with Crippen molar-refractivity contribution in [2.45, 2.75) is 56.0 Å². The first-order chi connectivity index (χ1) is 12.9. The lowest BCUT2D eigenvalue weighted by molar-refractivity contribution is -0.120. The standard InChI is InChI=1S/C19H24N4O3S/c1-11(2)15(16(24)22-18(20)26)27-19-21-14-10-6-5-9-13(14)17(25)23(19)12-7-3-4-8-12/h5-6,9-12,15H,3-4,7-8H2,1-2H3,(H3,20,22,24,26)/t15-/m0/s1. The summed E-state index contributed by atoms with van der Waals surface area (Å²) >= 11 is 1.22. The van der Waals surface area contributed by atoms with E-state index in [0.29, 0.717) is 16.1 Å². The molecular formula is C19H24N4O3S. The van der Waals surface area contributed by atoms with Crippen LogP contribution in [-0.4, -0.2) is 26.7 Å². The molecule has 0 radical (unpaired) electrons. The predicted octanol–water partition coefficient (Wildman–Crippen LogP) is 2.82. The number of hydrogen-bond donors (Lipinski definition) is 2. The van der Waals surface area contributed by atoms with Gasteiger partial charge in [-0.05, 0) is 30.9 Å². The number of carbonyl (C=O) groups is 2. The molecular weight excluding hydrogens is 364 g/mol. The molecule has 1 aliphatic carbocycles. The number of rotatable bonds is 5. The zero-order valence-corrected chi connectivity index (χ0v) is 16.3. The number of amides is 3. The minimum absolute atomic E-state index is 0.0743. The molecule has 1 aliphatic rings. The van der Waals surface area contributed by atoms with Crippen LogP contribution in [-0.2, 0) is 4.79 Å². The van der Waals surface area contributed by atoms with Gasteiger partial charge in [0.2, 0.25) is 5.91 Å². The zero-order chi connectivity index (χ0) is 19.6. The summed E-state index contributed by atoms with van der Waals surface area (Å²) in [4.78, 5) is 41.4. The van der Waals surface area contributed by atoms with Crippen molar-refractivity contribution in [3.63, 3.8) is 0 Å². The van der Waals surface area contributed by atoms with Gasteiger partial charge in [0.05, 0.1) is 16.2 Å². The molecule has 0 saturated heterocycles. The summed E-state index contributed by atoms with van der Waals surface area (Å²) in [5.41, 5.74) is 5.63. The van der Waals surface area contributed by atoms with Crippen LogP contribution < -0.4 is 16.6 Å². The average molecular weight is 388 g/mol. The molecule has 3 rings (SSSR count). The summed E-state index contributed by atoms with van der Waals surface area (Å²) in [5, 5.41) is 2.66. The van der Waals surface area contributed by atoms with Gasteiger partial charge in [0.25, 0.3) is 5.56 Å². The summed E-state index contributed by atoms with van der Waals surface area (Å²) in [6.45, 7) is 3.77. The van der Waals surface area contributed by atoms with E-state index in [0.717, 1.165) is 25.7 Å². The molecule has 0 aliphatic heterocycles. The van der Waals surface area contributed by atoms with Crippen LogP contribution in [0.25, 0.3) is 10.9 Å². The van der Waals surface area contributed by atoms with Crippen molar-refractivity contribution in [2.75, 3.05) is 0 Å². The van der Waals surface area contributed by atoms with Crippen molar-refractivity contribution in [1.29, 1.82) is 0 Å². The minimum Gasteiger partial charge on any atom is -0.351 e. The molecule has 8 heteroatoms. The lowest BCUT2D eigenvalue weighted by Crippen LogP contribution is -2.42. The fourth-order valence-electron chi connectivity index (χ4n) is 3.49. The van der Waals surface area contributed by atoms with E-state index in [1.807, 2.05) is 26.0 Å². The average Bonchev–Trinajstić information content (AvgIpc) is 3.13. The smallest absolute Gasteiger partial charge is 0.318 e. The van der Waals surface area contributed by atoms with Crippen molar-refractivity contribution < 1.29 is 9.59 Å². The van der Waals surface area contributed by atoms with E-state index < -0.39 is 17.2 Å². The Bertz CT molecular complexity index is 919. The maximum Gasteiger partial charge on any atom is 0.318 e. The van der Waals surface area contributed by atoms with Gasteiger partial charge in [-0.1, -0.05) is 50.6 Å². The number of imide groups is 1. The van der Waals surface area contributed by atoms with Crippen LogP contribution in [0.15, 0.2) is 34.2 Å². The maximum atomic E-state index is 13.2. The first kappa shape index (κ1) is 19.4. The second kappa shape index (κ2) is 8.12. The third kappa shape index (κ3) is 4.16. The zero-order valence-electron chi connectivity index (χ0n) is 15.5. The summed E-state index contributed by atoms with van der Waals surface area (Å²) in [6, 6.07) is 6.45. The number of para-hydroxylation sites is 1. The number of fused-ring (bicyclic) bond motifs is 1. The fraction of sp³-hybridized carbons (Fsp3) is 0.474. The lowest BCUT2D eigenvalue weighted by Gasteiger charge is -2.23. The van der Waals surface area contributed by atoms with Crippen LogP contribution in [0.1, 0.15) is 45.6 Å². The number of carbonyl (C=O) groups excluding carboxylic acids is 2. The molecule has 1 heterocycles. The van der Waals surface area contributed by atoms with Crippen molar-refractivity contribution >= 4 is 34.6 Å². The van der Waals surface area contributed by atoms with Crippen LogP contribution in [0.4, 0.5) is 4.79 Å². The molecule has 0 unspecified atom stereocenters. The summed E-state index contributed by atoms with van der Waals surface area (Å²) in [7, 11) is 0. The van der Waals surface area contributed by atoms with Crippen LogP contribution in [0, 0.1) is 5.92 Å². The normalized spacial score (nSPS) is 16.0. The molecule has 0 spiro atoms. The second-order valence-electron chi connectivity index (χ2n) is 7.16. The Morgan fingerprint density at radius 2 is 1.93 bits per heavy atom. The van der Waals surface area contributed by atoms with Gasteiger partial charge in [-0.2, -0.15) is 0 Å². The Morgan fingerprint density at radius 1 is 1.26 bits per heavy atom. The number of nitrogens with two attached hydrogens (primary N) is 1. The van der Waals surface area contributed by atoms with Crippen LogP contribution >= 0.6 is 11.8 Å². The molecule has 3 N–H and O–H groups in total. The summed E-state index contributed by atoms with van der Waals surface area (Å²) < 4.78 is 1.74. The van der Waals surface area contributed by atoms with E-state index in [4.69, 9.17) is 10.7 Å². The SMILES string of the molecule is CC(C)[C@H](Sc1nc2ccccc2c(=O)n1C1CCCC1)C(=O)NC(N)=O. The van der Waals surface area contributed by atoms with Gasteiger partial charge in [0.15, 0.2) is 5.16 Å². The minimum atomic E-state index is -0.883. The van der Waals surface area contributed by atoms with Gasteiger partial charge in [0.1, 0.15) is 0 Å². The largest absolute Gasteiger partial charge is 0.351 e. The van der Waals surface area contributed by atoms with E-state index in [2.05, 4.69) is 5.32 Å². The Balaban J connectivity index is 2.08. The molecule has 7 nitrogen and oxygen atoms in total. The molecule has 27 heavy (non-hydrogen) atoms. The highest BCUT2D eigenvalue weighted by Gasteiger charge is 2.29. The monoisotopic (exact) mass is 388 g/mol. The number of thioether (sulfide) groups is 1. The van der Waals surface area contributed by atoms with Crippen LogP contribution in [0.3, 0.4) is 0 Å². The first-order valence-electron chi connectivity index (χ1n) is 9.16. The number of nitrogens with zero attached hydrogens (tertiary/aromatic N) is 2. The predicted molar refractivity (Wildman–Crippen MR) is 106 cm³/mol. The highest BCUT2D eigenvalue weighted by Crippen LogP contribution is 2.34. The molecule has 1 atom stereocenters. The van der Waals surface area contributed by atoms with Crippen molar-refractivity contribution in [3.8, 4) is 0 Å².